The van der Waals surface area contributed by atoms with Crippen molar-refractivity contribution in [1.29, 1.82) is 0 Å². The van der Waals surface area contributed by atoms with Crippen LogP contribution in [0.4, 0.5) is 11.5 Å². The molecule has 0 unspecified atom stereocenters. The van der Waals surface area contributed by atoms with Crippen LogP contribution in [0.5, 0.6) is 11.5 Å². The van der Waals surface area contributed by atoms with E-state index < -0.39 is 0 Å². The lowest BCUT2D eigenvalue weighted by atomic mass is 9.99. The maximum absolute atomic E-state index is 5.79. The molecule has 3 heterocycles. The minimum Gasteiger partial charge on any atom is -0.490 e. The Hall–Kier alpha value is -2.23. The van der Waals surface area contributed by atoms with Crippen LogP contribution < -0.4 is 25.0 Å². The van der Waals surface area contributed by atoms with Crippen molar-refractivity contribution in [3.63, 3.8) is 0 Å². The van der Waals surface area contributed by atoms with Crippen molar-refractivity contribution in [2.75, 3.05) is 43.1 Å². The highest BCUT2D eigenvalue weighted by Gasteiger charge is 2.16. The highest BCUT2D eigenvalue weighted by atomic mass is 127. The Kier molecular flexibility index (Phi) is 9.25. The minimum absolute atomic E-state index is 0. The van der Waals surface area contributed by atoms with Crippen molar-refractivity contribution in [2.24, 2.45) is 10.9 Å². The van der Waals surface area contributed by atoms with Gasteiger partial charge in [-0.15, -0.1) is 24.0 Å². The van der Waals surface area contributed by atoms with Gasteiger partial charge in [-0.1, -0.05) is 13.0 Å². The second kappa shape index (κ2) is 12.1. The summed E-state index contributed by atoms with van der Waals surface area (Å²) in [4.78, 5) is 11.8. The first-order valence-electron chi connectivity index (χ1n) is 11.4. The number of piperidine rings is 1. The quantitative estimate of drug-likeness (QED) is 0.320. The second-order valence-corrected chi connectivity index (χ2v) is 8.23. The molecule has 2 aliphatic rings. The van der Waals surface area contributed by atoms with E-state index in [0.717, 1.165) is 66.5 Å². The number of hydrogen-bond donors (Lipinski definition) is 2. The topological polar surface area (TPSA) is 71.0 Å². The van der Waals surface area contributed by atoms with E-state index in [1.54, 1.807) is 0 Å². The summed E-state index contributed by atoms with van der Waals surface area (Å²) in [7, 11) is 0. The Morgan fingerprint density at radius 1 is 1.12 bits per heavy atom. The molecule has 7 nitrogen and oxygen atoms in total. The van der Waals surface area contributed by atoms with Gasteiger partial charge in [0.15, 0.2) is 17.5 Å². The number of nitrogens with one attached hydrogen (secondary N) is 2. The van der Waals surface area contributed by atoms with Gasteiger partial charge >= 0.3 is 0 Å². The molecule has 2 aromatic rings. The van der Waals surface area contributed by atoms with Crippen molar-refractivity contribution in [3.8, 4) is 11.5 Å². The lowest BCUT2D eigenvalue weighted by Crippen LogP contribution is -2.33. The minimum atomic E-state index is 0. The van der Waals surface area contributed by atoms with Crippen molar-refractivity contribution in [3.05, 3.63) is 42.1 Å². The fourth-order valence-electron chi connectivity index (χ4n) is 3.79. The van der Waals surface area contributed by atoms with Crippen LogP contribution in [0, 0.1) is 5.92 Å². The average Bonchev–Trinajstić information content (AvgIpc) is 3.04. The predicted molar refractivity (Wildman–Crippen MR) is 141 cm³/mol. The number of hydrogen-bond acceptors (Lipinski definition) is 5. The molecule has 174 valence electrons. The van der Waals surface area contributed by atoms with E-state index >= 15 is 0 Å². The first-order chi connectivity index (χ1) is 15.2. The average molecular weight is 551 g/mol. The van der Waals surface area contributed by atoms with E-state index in [9.17, 15) is 0 Å². The number of ether oxygens (including phenoxy) is 2. The molecule has 0 amide bonds. The molecule has 32 heavy (non-hydrogen) atoms. The Labute approximate surface area is 208 Å². The molecule has 0 atom stereocenters. The maximum Gasteiger partial charge on any atom is 0.196 e. The highest BCUT2D eigenvalue weighted by Crippen LogP contribution is 2.32. The van der Waals surface area contributed by atoms with Gasteiger partial charge in [-0.3, -0.25) is 0 Å². The van der Waals surface area contributed by atoms with Crippen LogP contribution in [-0.2, 0) is 6.54 Å². The number of fused-ring (bicyclic) bond motifs is 1. The molecule has 0 aliphatic carbocycles. The third kappa shape index (κ3) is 6.63. The van der Waals surface area contributed by atoms with Gasteiger partial charge in [0.25, 0.3) is 0 Å². The summed E-state index contributed by atoms with van der Waals surface area (Å²) in [5, 5.41) is 6.66. The number of halogens is 1. The fraction of sp³-hybridized carbons (Fsp3) is 0.500. The molecule has 0 spiro atoms. The molecule has 1 saturated heterocycles. The number of pyridine rings is 1. The van der Waals surface area contributed by atoms with Crippen LogP contribution >= 0.6 is 24.0 Å². The Bertz CT molecular complexity index is 882. The molecule has 4 rings (SSSR count). The van der Waals surface area contributed by atoms with Crippen molar-refractivity contribution >= 4 is 41.4 Å². The van der Waals surface area contributed by atoms with Crippen LogP contribution in [0.15, 0.2) is 41.5 Å². The molecule has 1 fully saturated rings. The van der Waals surface area contributed by atoms with E-state index in [1.165, 1.54) is 12.8 Å². The summed E-state index contributed by atoms with van der Waals surface area (Å²) in [5.41, 5.74) is 2.00. The number of rotatable bonds is 5. The molecule has 0 bridgehead atoms. The summed E-state index contributed by atoms with van der Waals surface area (Å²) >= 11 is 0. The van der Waals surface area contributed by atoms with Gasteiger partial charge in [0.1, 0.15) is 5.82 Å². The summed E-state index contributed by atoms with van der Waals surface area (Å²) in [6.45, 7) is 9.27. The van der Waals surface area contributed by atoms with Crippen molar-refractivity contribution in [2.45, 2.75) is 39.7 Å². The molecule has 0 radical (unpaired) electrons. The summed E-state index contributed by atoms with van der Waals surface area (Å²) < 4.78 is 11.5. The van der Waals surface area contributed by atoms with E-state index in [-0.39, 0.29) is 24.0 Å². The maximum atomic E-state index is 5.79. The van der Waals surface area contributed by atoms with Crippen LogP contribution in [0.25, 0.3) is 0 Å². The number of aromatic nitrogens is 1. The van der Waals surface area contributed by atoms with Crippen LogP contribution in [0.2, 0.25) is 0 Å². The molecule has 2 N–H and O–H groups in total. The number of anilines is 2. The van der Waals surface area contributed by atoms with Crippen LogP contribution in [0.3, 0.4) is 0 Å². The van der Waals surface area contributed by atoms with Gasteiger partial charge in [0.2, 0.25) is 0 Å². The zero-order chi connectivity index (χ0) is 21.5. The van der Waals surface area contributed by atoms with Crippen LogP contribution in [0.1, 0.15) is 38.7 Å². The molecular weight excluding hydrogens is 517 g/mol. The SMILES string of the molecule is CCNC(=NCc1ccc(N2CCC(C)CC2)nc1)Nc1ccc2c(c1)OCCCO2.I. The van der Waals surface area contributed by atoms with Gasteiger partial charge in [-0.05, 0) is 49.4 Å². The molecular formula is C24H34IN5O2. The van der Waals surface area contributed by atoms with E-state index in [1.807, 2.05) is 24.4 Å². The first kappa shape index (κ1) is 24.4. The predicted octanol–water partition coefficient (Wildman–Crippen LogP) is 4.67. The van der Waals surface area contributed by atoms with Gasteiger partial charge < -0.3 is 25.0 Å². The molecule has 1 aromatic heterocycles. The van der Waals surface area contributed by atoms with Gasteiger partial charge in [-0.2, -0.15) is 0 Å². The smallest absolute Gasteiger partial charge is 0.196 e. The standard InChI is InChI=1S/C24H33N5O2.HI/c1-3-25-24(28-20-6-7-21-22(15-20)31-14-4-13-30-21)27-17-19-5-8-23(26-16-19)29-11-9-18(2)10-12-29;/h5-8,15-16,18H,3-4,9-14,17H2,1-2H3,(H2,25,27,28);1H. The largest absolute Gasteiger partial charge is 0.490 e. The number of aliphatic imine (C=N–C) groups is 1. The number of benzene rings is 1. The van der Waals surface area contributed by atoms with Gasteiger partial charge in [-0.25, -0.2) is 9.98 Å². The number of guanidine groups is 1. The zero-order valence-corrected chi connectivity index (χ0v) is 21.3. The van der Waals surface area contributed by atoms with E-state index in [0.29, 0.717) is 19.8 Å². The Morgan fingerprint density at radius 2 is 1.91 bits per heavy atom. The van der Waals surface area contributed by atoms with E-state index in [4.69, 9.17) is 14.5 Å². The van der Waals surface area contributed by atoms with Gasteiger partial charge in [0, 0.05) is 44.0 Å². The Balaban J connectivity index is 0.00000289. The van der Waals surface area contributed by atoms with Crippen molar-refractivity contribution in [1.82, 2.24) is 10.3 Å². The summed E-state index contributed by atoms with van der Waals surface area (Å²) in [6.07, 6.45) is 5.32. The molecule has 2 aliphatic heterocycles. The van der Waals surface area contributed by atoms with Crippen LogP contribution in [-0.4, -0.2) is 43.8 Å². The first-order valence-corrected chi connectivity index (χ1v) is 11.4. The number of nitrogens with zero attached hydrogens (tertiary/aromatic N) is 3. The monoisotopic (exact) mass is 551 g/mol. The van der Waals surface area contributed by atoms with Crippen molar-refractivity contribution < 1.29 is 9.47 Å². The molecule has 8 heteroatoms. The lowest BCUT2D eigenvalue weighted by Gasteiger charge is -2.31. The van der Waals surface area contributed by atoms with Gasteiger partial charge in [0.05, 0.1) is 19.8 Å². The zero-order valence-electron chi connectivity index (χ0n) is 19.0. The fourth-order valence-corrected chi connectivity index (χ4v) is 3.79. The molecule has 0 saturated carbocycles. The summed E-state index contributed by atoms with van der Waals surface area (Å²) in [5.74, 6) is 4.17. The second-order valence-electron chi connectivity index (χ2n) is 8.23. The third-order valence-electron chi connectivity index (χ3n) is 5.69. The third-order valence-corrected chi connectivity index (χ3v) is 5.69. The van der Waals surface area contributed by atoms with E-state index in [2.05, 4.69) is 46.5 Å². The summed E-state index contributed by atoms with van der Waals surface area (Å²) in [6, 6.07) is 10.1. The highest BCUT2D eigenvalue weighted by molar-refractivity contribution is 14.0. The molecule has 1 aromatic carbocycles. The Morgan fingerprint density at radius 3 is 2.62 bits per heavy atom. The lowest BCUT2D eigenvalue weighted by molar-refractivity contribution is 0.297. The normalized spacial score (nSPS) is 16.7.